The molecule has 0 fully saturated rings. The molecule has 4 heteroatoms. The summed E-state index contributed by atoms with van der Waals surface area (Å²) in [5.41, 5.74) is -0.700. The molecule has 6 aromatic rings. The molecule has 0 spiro atoms. The molecule has 0 aliphatic heterocycles. The van der Waals surface area contributed by atoms with Gasteiger partial charge in [-0.05, 0) is 64.7 Å². The Morgan fingerprint density at radius 2 is 1.41 bits per heavy atom. The Morgan fingerprint density at radius 1 is 0.735 bits per heavy atom. The summed E-state index contributed by atoms with van der Waals surface area (Å²) in [5.74, 6) is 0. The van der Waals surface area contributed by atoms with Crippen molar-refractivity contribution in [3.63, 3.8) is 0 Å². The van der Waals surface area contributed by atoms with Crippen molar-refractivity contribution in [3.8, 4) is 0 Å². The lowest BCUT2D eigenvalue weighted by Crippen LogP contribution is -2.49. The summed E-state index contributed by atoms with van der Waals surface area (Å²) in [5, 5.41) is 30.8. The van der Waals surface area contributed by atoms with Gasteiger partial charge < -0.3 is 10.2 Å². The van der Waals surface area contributed by atoms with E-state index < -0.39 is 11.2 Å². The van der Waals surface area contributed by atoms with Crippen LogP contribution in [-0.2, 0) is 6.42 Å². The zero-order valence-corrected chi connectivity index (χ0v) is 20.3. The number of hydrogen-bond acceptors (Lipinski definition) is 3. The number of fused-ring (bicyclic) bond motifs is 9. The minimum Gasteiger partial charge on any atom is -0.387 e. The first-order chi connectivity index (χ1) is 16.1. The largest absolute Gasteiger partial charge is 0.387 e. The molecule has 1 atom stereocenters. The molecule has 2 nitrogen and oxygen atoms in total. The Kier molecular flexibility index (Phi) is 4.63. The first-order valence-corrected chi connectivity index (χ1v) is 12.4. The topological polar surface area (TPSA) is 40.5 Å². The zero-order chi connectivity index (χ0) is 23.8. The summed E-state index contributed by atoms with van der Waals surface area (Å²) in [6, 6.07) is 25.5. The van der Waals surface area contributed by atoms with E-state index in [-0.39, 0.29) is 0 Å². The third kappa shape index (κ3) is 3.17. The van der Waals surface area contributed by atoms with Gasteiger partial charge in [0, 0.05) is 26.6 Å². The Labute approximate surface area is 203 Å². The molecule has 0 bridgehead atoms. The van der Waals surface area contributed by atoms with Crippen LogP contribution in [0.3, 0.4) is 0 Å². The van der Waals surface area contributed by atoms with Gasteiger partial charge in [0.2, 0.25) is 0 Å². The molecular weight excluding hydrogens is 435 g/mol. The maximum atomic E-state index is 10.9. The molecule has 1 heterocycles. The molecule has 34 heavy (non-hydrogen) atoms. The smallest absolute Gasteiger partial charge is 0.114 e. The van der Waals surface area contributed by atoms with Crippen LogP contribution in [0.5, 0.6) is 0 Å². The van der Waals surface area contributed by atoms with Gasteiger partial charge in [-0.1, -0.05) is 72.2 Å². The van der Waals surface area contributed by atoms with Crippen LogP contribution in [0.4, 0.5) is 0 Å². The molecular formula is C30H25BO2S. The lowest BCUT2D eigenvalue weighted by molar-refractivity contribution is -0.118. The highest BCUT2D eigenvalue weighted by Gasteiger charge is 2.37. The van der Waals surface area contributed by atoms with E-state index in [9.17, 15) is 10.2 Å². The van der Waals surface area contributed by atoms with E-state index in [4.69, 9.17) is 7.85 Å². The van der Waals surface area contributed by atoms with Crippen molar-refractivity contribution < 1.29 is 10.2 Å². The third-order valence-corrected chi connectivity index (χ3v) is 8.56. The molecule has 0 aliphatic rings. The summed E-state index contributed by atoms with van der Waals surface area (Å²) in [7, 11) is 6.70. The van der Waals surface area contributed by atoms with Crippen molar-refractivity contribution >= 4 is 77.1 Å². The number of benzene rings is 5. The van der Waals surface area contributed by atoms with E-state index in [1.165, 1.54) is 25.6 Å². The summed E-state index contributed by atoms with van der Waals surface area (Å²) >= 11 is 1.79. The molecule has 2 N–H and O–H groups in total. The molecule has 1 unspecified atom stereocenters. The molecule has 1 aromatic heterocycles. The average molecular weight is 460 g/mol. The molecule has 0 aliphatic carbocycles. The van der Waals surface area contributed by atoms with Gasteiger partial charge in [-0.15, -0.1) is 11.3 Å². The lowest BCUT2D eigenvalue weighted by Gasteiger charge is -2.35. The quantitative estimate of drug-likeness (QED) is 0.238. The van der Waals surface area contributed by atoms with Gasteiger partial charge in [0.05, 0.1) is 11.2 Å². The number of rotatable bonds is 3. The molecule has 0 amide bonds. The summed E-state index contributed by atoms with van der Waals surface area (Å²) in [4.78, 5) is 0. The summed E-state index contributed by atoms with van der Waals surface area (Å²) < 4.78 is 2.41. The van der Waals surface area contributed by atoms with Gasteiger partial charge in [-0.3, -0.25) is 0 Å². The molecule has 166 valence electrons. The molecule has 0 saturated heterocycles. The van der Waals surface area contributed by atoms with E-state index in [0.29, 0.717) is 6.42 Å². The van der Waals surface area contributed by atoms with E-state index in [0.717, 1.165) is 38.0 Å². The van der Waals surface area contributed by atoms with E-state index in [1.807, 2.05) is 6.07 Å². The van der Waals surface area contributed by atoms with Gasteiger partial charge >= 0.3 is 0 Å². The maximum Gasteiger partial charge on any atom is 0.114 e. The van der Waals surface area contributed by atoms with Crippen LogP contribution in [0.15, 0.2) is 72.8 Å². The van der Waals surface area contributed by atoms with Crippen molar-refractivity contribution in [1.29, 1.82) is 0 Å². The van der Waals surface area contributed by atoms with Crippen LogP contribution in [0.25, 0.3) is 52.5 Å². The highest BCUT2D eigenvalue weighted by Crippen LogP contribution is 2.43. The van der Waals surface area contributed by atoms with Crippen LogP contribution < -0.4 is 5.46 Å². The van der Waals surface area contributed by atoms with Crippen molar-refractivity contribution in [1.82, 2.24) is 0 Å². The first-order valence-electron chi connectivity index (χ1n) is 11.6. The van der Waals surface area contributed by atoms with Gasteiger partial charge in [0.15, 0.2) is 0 Å². The van der Waals surface area contributed by atoms with E-state index in [2.05, 4.69) is 66.7 Å². The van der Waals surface area contributed by atoms with Gasteiger partial charge in [0.25, 0.3) is 0 Å². The normalized spacial score (nSPS) is 14.5. The van der Waals surface area contributed by atoms with Crippen LogP contribution >= 0.6 is 11.3 Å². The minimum atomic E-state index is -1.25. The fourth-order valence-electron chi connectivity index (χ4n) is 5.04. The van der Waals surface area contributed by atoms with Crippen molar-refractivity contribution in [2.75, 3.05) is 0 Å². The standard InChI is InChI=1S/C30H25BO2S/c1-29(2,32)30(3,33)16-17-8-9-19-12-13-24-26(22(19)14-17)27-23(31)15-20-11-10-18-6-4-5-7-21(18)25(20)28(27)34-24/h4-15,32-33H,16H2,1-3H3. The van der Waals surface area contributed by atoms with Crippen LogP contribution in [0.1, 0.15) is 26.3 Å². The number of hydrogen-bond donors (Lipinski definition) is 2. The second kappa shape index (κ2) is 7.29. The number of aliphatic hydroxyl groups is 2. The van der Waals surface area contributed by atoms with E-state index >= 15 is 0 Å². The Hall–Kier alpha value is -2.92. The summed E-state index contributed by atoms with van der Waals surface area (Å²) in [6.07, 6.45) is 0.355. The third-order valence-electron chi connectivity index (χ3n) is 7.39. The van der Waals surface area contributed by atoms with Crippen molar-refractivity contribution in [2.24, 2.45) is 0 Å². The summed E-state index contributed by atoms with van der Waals surface area (Å²) in [6.45, 7) is 4.98. The monoisotopic (exact) mass is 460 g/mol. The highest BCUT2D eigenvalue weighted by molar-refractivity contribution is 7.27. The van der Waals surface area contributed by atoms with Gasteiger partial charge in [-0.2, -0.15) is 0 Å². The van der Waals surface area contributed by atoms with E-state index in [1.54, 1.807) is 32.1 Å². The van der Waals surface area contributed by atoms with Crippen LogP contribution in [-0.4, -0.2) is 29.3 Å². The highest BCUT2D eigenvalue weighted by atomic mass is 32.1. The molecule has 6 rings (SSSR count). The second-order valence-electron chi connectivity index (χ2n) is 10.2. The predicted octanol–water partition coefficient (Wildman–Crippen LogP) is 6.37. The Balaban J connectivity index is 1.70. The average Bonchev–Trinajstić information content (AvgIpc) is 3.18. The van der Waals surface area contributed by atoms with Crippen molar-refractivity contribution in [3.05, 3.63) is 78.4 Å². The van der Waals surface area contributed by atoms with Crippen molar-refractivity contribution in [2.45, 2.75) is 38.4 Å². The Morgan fingerprint density at radius 3 is 2.21 bits per heavy atom. The number of thiophene rings is 1. The maximum absolute atomic E-state index is 10.9. The first kappa shape index (κ1) is 21.6. The predicted molar refractivity (Wildman–Crippen MR) is 148 cm³/mol. The molecule has 0 saturated carbocycles. The fraction of sp³-hybridized carbons (Fsp3) is 0.200. The fourth-order valence-corrected chi connectivity index (χ4v) is 6.36. The minimum absolute atomic E-state index is 0.355. The SMILES string of the molecule is [B]c1cc2ccc3ccccc3c2c2sc3ccc4ccc(CC(C)(O)C(C)(C)O)cc4c3c12. The lowest BCUT2D eigenvalue weighted by atomic mass is 9.82. The molecule has 5 aromatic carbocycles. The zero-order valence-electron chi connectivity index (χ0n) is 19.5. The van der Waals surface area contributed by atoms with Crippen LogP contribution in [0.2, 0.25) is 0 Å². The Bertz CT molecular complexity index is 1760. The van der Waals surface area contributed by atoms with Crippen LogP contribution in [0, 0.1) is 0 Å². The molecule has 2 radical (unpaired) electrons. The van der Waals surface area contributed by atoms with Gasteiger partial charge in [-0.25, -0.2) is 0 Å². The van der Waals surface area contributed by atoms with Gasteiger partial charge in [0.1, 0.15) is 7.85 Å². The second-order valence-corrected chi connectivity index (χ2v) is 11.2.